The van der Waals surface area contributed by atoms with Crippen LogP contribution in [0.25, 0.3) is 5.69 Å². The number of ether oxygens (including phenoxy) is 1. The normalized spacial score (nSPS) is 11.3. The number of aldehydes is 1. The van der Waals surface area contributed by atoms with Crippen LogP contribution in [-0.4, -0.2) is 69.0 Å². The quantitative estimate of drug-likeness (QED) is 0.160. The van der Waals surface area contributed by atoms with Gasteiger partial charge in [-0.15, -0.1) is 5.10 Å². The molecule has 4 aromatic rings. The number of carbonyl (C=O) groups is 4. The number of hydrogen-bond acceptors (Lipinski definition) is 9. The molecule has 1 aromatic heterocycles. The standard InChI is InChI=1S/C27H24ClN7O5/c1-40-27(39)31-21-10-7-19(8-11-21)26(38)35(22(16-36)13-18-5-3-2-4-6-18)30-15-25(37)23-14-20(28)9-12-24(23)34-17-29-32-33-34/h2-12,14,16-17,22,30H,13,15H2,1H3,(H,31,39)/t22-/m0/s1. The molecule has 0 aliphatic rings. The number of hydrogen-bond donors (Lipinski definition) is 2. The molecule has 0 aliphatic heterocycles. The molecule has 4 rings (SSSR count). The number of carbonyl (C=O) groups excluding carboxylic acids is 4. The van der Waals surface area contributed by atoms with Gasteiger partial charge in [-0.1, -0.05) is 41.9 Å². The Bertz CT molecular complexity index is 1480. The van der Waals surface area contributed by atoms with Gasteiger partial charge in [-0.3, -0.25) is 19.9 Å². The first kappa shape index (κ1) is 28.1. The Morgan fingerprint density at radius 1 is 1.07 bits per heavy atom. The third-order valence-corrected chi connectivity index (χ3v) is 6.06. The Morgan fingerprint density at radius 2 is 1.82 bits per heavy atom. The van der Waals surface area contributed by atoms with E-state index < -0.39 is 23.8 Å². The number of methoxy groups -OCH3 is 1. The maximum atomic E-state index is 13.6. The molecule has 1 atom stereocenters. The molecule has 0 spiro atoms. The van der Waals surface area contributed by atoms with Crippen molar-refractivity contribution in [3.05, 3.63) is 101 Å². The molecule has 40 heavy (non-hydrogen) atoms. The van der Waals surface area contributed by atoms with E-state index in [9.17, 15) is 19.2 Å². The summed E-state index contributed by atoms with van der Waals surface area (Å²) in [5, 5.41) is 15.0. The lowest BCUT2D eigenvalue weighted by Crippen LogP contribution is -2.52. The van der Waals surface area contributed by atoms with Crippen LogP contribution in [0.2, 0.25) is 5.02 Å². The summed E-state index contributed by atoms with van der Waals surface area (Å²) in [7, 11) is 1.24. The number of Topliss-reactive ketones (excluding diaryl/α,β-unsaturated/α-hetero) is 1. The molecule has 0 bridgehead atoms. The van der Waals surface area contributed by atoms with E-state index in [2.05, 4.69) is 31.0 Å². The van der Waals surface area contributed by atoms with E-state index in [4.69, 9.17) is 11.6 Å². The fourth-order valence-corrected chi connectivity index (χ4v) is 4.03. The summed E-state index contributed by atoms with van der Waals surface area (Å²) in [6, 6.07) is 18.9. The van der Waals surface area contributed by atoms with Crippen LogP contribution in [0.3, 0.4) is 0 Å². The Kier molecular flexibility index (Phi) is 9.28. The van der Waals surface area contributed by atoms with E-state index in [1.54, 1.807) is 12.1 Å². The maximum absolute atomic E-state index is 13.6. The molecule has 2 amide bonds. The van der Waals surface area contributed by atoms with Gasteiger partial charge in [0.1, 0.15) is 18.7 Å². The van der Waals surface area contributed by atoms with E-state index in [1.807, 2.05) is 30.3 Å². The van der Waals surface area contributed by atoms with Crippen molar-refractivity contribution < 1.29 is 23.9 Å². The molecule has 13 heteroatoms. The average Bonchev–Trinajstić information content (AvgIpc) is 3.52. The lowest BCUT2D eigenvalue weighted by molar-refractivity contribution is -0.112. The summed E-state index contributed by atoms with van der Waals surface area (Å²) in [6.45, 7) is -0.345. The SMILES string of the molecule is COC(=O)Nc1ccc(C(=O)N(NCC(=O)c2cc(Cl)ccc2-n2cnnn2)[C@H](C=O)Cc2ccccc2)cc1. The number of aromatic nitrogens is 4. The van der Waals surface area contributed by atoms with Crippen LogP contribution in [0.1, 0.15) is 26.3 Å². The Balaban J connectivity index is 1.60. The second-order valence-corrected chi connectivity index (χ2v) is 8.87. The molecule has 12 nitrogen and oxygen atoms in total. The minimum Gasteiger partial charge on any atom is -0.453 e. The van der Waals surface area contributed by atoms with E-state index in [-0.39, 0.29) is 24.1 Å². The van der Waals surface area contributed by atoms with Crippen molar-refractivity contribution in [2.24, 2.45) is 0 Å². The van der Waals surface area contributed by atoms with Gasteiger partial charge < -0.3 is 9.53 Å². The number of nitrogens with one attached hydrogen (secondary N) is 2. The first-order chi connectivity index (χ1) is 19.4. The predicted octanol–water partition coefficient (Wildman–Crippen LogP) is 3.13. The largest absolute Gasteiger partial charge is 0.453 e. The van der Waals surface area contributed by atoms with Crippen LogP contribution in [0, 0.1) is 0 Å². The molecule has 0 unspecified atom stereocenters. The zero-order valence-electron chi connectivity index (χ0n) is 21.2. The van der Waals surface area contributed by atoms with Gasteiger partial charge >= 0.3 is 6.09 Å². The van der Waals surface area contributed by atoms with Crippen molar-refractivity contribution in [3.63, 3.8) is 0 Å². The third-order valence-electron chi connectivity index (χ3n) is 5.82. The average molecular weight is 562 g/mol. The second-order valence-electron chi connectivity index (χ2n) is 8.44. The number of nitrogens with zero attached hydrogens (tertiary/aromatic N) is 5. The van der Waals surface area contributed by atoms with Gasteiger partial charge in [0.15, 0.2) is 5.78 Å². The first-order valence-corrected chi connectivity index (χ1v) is 12.3. The van der Waals surface area contributed by atoms with Crippen molar-refractivity contribution in [1.29, 1.82) is 0 Å². The molecule has 1 heterocycles. The van der Waals surface area contributed by atoms with Gasteiger partial charge in [0.2, 0.25) is 0 Å². The van der Waals surface area contributed by atoms with Gasteiger partial charge in [0.25, 0.3) is 5.91 Å². The highest BCUT2D eigenvalue weighted by atomic mass is 35.5. The fourth-order valence-electron chi connectivity index (χ4n) is 3.85. The summed E-state index contributed by atoms with van der Waals surface area (Å²) in [4.78, 5) is 50.7. The van der Waals surface area contributed by atoms with Crippen LogP contribution in [-0.2, 0) is 16.0 Å². The van der Waals surface area contributed by atoms with Crippen molar-refractivity contribution in [2.75, 3.05) is 19.0 Å². The Hall–Kier alpha value is -4.94. The predicted molar refractivity (Wildman–Crippen MR) is 145 cm³/mol. The van der Waals surface area contributed by atoms with E-state index in [1.165, 1.54) is 48.5 Å². The third kappa shape index (κ3) is 6.92. The lowest BCUT2D eigenvalue weighted by atomic mass is 10.1. The minimum atomic E-state index is -0.950. The fraction of sp³-hybridized carbons (Fsp3) is 0.148. The van der Waals surface area contributed by atoms with Gasteiger partial charge in [-0.2, -0.15) is 4.68 Å². The number of hydrazine groups is 1. The highest BCUT2D eigenvalue weighted by Gasteiger charge is 2.26. The molecular weight excluding hydrogens is 538 g/mol. The maximum Gasteiger partial charge on any atom is 0.411 e. The lowest BCUT2D eigenvalue weighted by Gasteiger charge is -2.29. The number of ketones is 1. The van der Waals surface area contributed by atoms with Gasteiger partial charge in [0, 0.05) is 28.3 Å². The van der Waals surface area contributed by atoms with Crippen molar-refractivity contribution >= 4 is 41.4 Å². The molecule has 0 radical (unpaired) electrons. The molecule has 204 valence electrons. The number of tetrazole rings is 1. The number of halogens is 1. The number of anilines is 1. The smallest absolute Gasteiger partial charge is 0.411 e. The van der Waals surface area contributed by atoms with E-state index >= 15 is 0 Å². The van der Waals surface area contributed by atoms with Crippen molar-refractivity contribution in [2.45, 2.75) is 12.5 Å². The van der Waals surface area contributed by atoms with Crippen LogP contribution in [0.5, 0.6) is 0 Å². The minimum absolute atomic E-state index is 0.201. The molecule has 3 aromatic carbocycles. The van der Waals surface area contributed by atoms with Gasteiger partial charge in [-0.25, -0.2) is 10.2 Å². The molecule has 0 fully saturated rings. The second kappa shape index (κ2) is 13.2. The van der Waals surface area contributed by atoms with Crippen LogP contribution >= 0.6 is 11.6 Å². The Labute approximate surface area is 233 Å². The van der Waals surface area contributed by atoms with Gasteiger partial charge in [0.05, 0.1) is 19.3 Å². The van der Waals surface area contributed by atoms with Crippen LogP contribution in [0.4, 0.5) is 10.5 Å². The molecule has 0 saturated heterocycles. The summed E-state index contributed by atoms with van der Waals surface area (Å²) in [5.74, 6) is -0.981. The van der Waals surface area contributed by atoms with Crippen molar-refractivity contribution in [3.8, 4) is 5.69 Å². The molecule has 0 aliphatic carbocycles. The number of benzene rings is 3. The van der Waals surface area contributed by atoms with E-state index in [0.29, 0.717) is 22.7 Å². The monoisotopic (exact) mass is 561 g/mol. The summed E-state index contributed by atoms with van der Waals surface area (Å²) in [5.41, 5.74) is 4.89. The number of amides is 2. The van der Waals surface area contributed by atoms with Crippen LogP contribution < -0.4 is 10.7 Å². The zero-order valence-corrected chi connectivity index (χ0v) is 22.0. The summed E-state index contributed by atoms with van der Waals surface area (Å²) >= 11 is 6.15. The highest BCUT2D eigenvalue weighted by Crippen LogP contribution is 2.20. The Morgan fingerprint density at radius 3 is 2.48 bits per heavy atom. The molecular formula is C27H24ClN7O5. The topological polar surface area (TPSA) is 148 Å². The molecule has 2 N–H and O–H groups in total. The van der Waals surface area contributed by atoms with Crippen LogP contribution in [0.15, 0.2) is 79.1 Å². The highest BCUT2D eigenvalue weighted by molar-refractivity contribution is 6.31. The van der Waals surface area contributed by atoms with Crippen molar-refractivity contribution in [1.82, 2.24) is 30.6 Å². The first-order valence-electron chi connectivity index (χ1n) is 12.0. The molecule has 0 saturated carbocycles. The zero-order chi connectivity index (χ0) is 28.5. The summed E-state index contributed by atoms with van der Waals surface area (Å²) in [6.07, 6.45) is 1.52. The van der Waals surface area contributed by atoms with Gasteiger partial charge in [-0.05, 0) is 58.5 Å². The number of rotatable bonds is 11. The van der Waals surface area contributed by atoms with E-state index in [0.717, 1.165) is 10.6 Å². The summed E-state index contributed by atoms with van der Waals surface area (Å²) < 4.78 is 5.90.